The molecule has 7 rings (SSSR count). The van der Waals surface area contributed by atoms with E-state index in [2.05, 4.69) is 15.0 Å². The lowest BCUT2D eigenvalue weighted by atomic mass is 9.78. The summed E-state index contributed by atoms with van der Waals surface area (Å²) in [4.78, 5) is 31.6. The van der Waals surface area contributed by atoms with Crippen LogP contribution in [0.4, 0.5) is 0 Å². The number of methoxy groups -OCH3 is 1. The fraction of sp³-hybridized carbons (Fsp3) is 0.159. The second-order valence-electron chi connectivity index (χ2n) is 13.2. The Labute approximate surface area is 315 Å². The SMILES string of the molecule is COC(=O)[C@@H]1C[C@H](NCc2ccc(-c3ccccc3S(=O)(=O)NC(c3ccccc3)(c3ccccc3)c3ccccc3)cc2)CN1C(=O)c1ccncc1. The summed E-state index contributed by atoms with van der Waals surface area (Å²) >= 11 is 0. The highest BCUT2D eigenvalue weighted by molar-refractivity contribution is 7.89. The molecule has 1 fully saturated rings. The maximum absolute atomic E-state index is 14.8. The first-order chi connectivity index (χ1) is 26.3. The molecule has 0 unspecified atom stereocenters. The van der Waals surface area contributed by atoms with Gasteiger partial charge in [0.05, 0.1) is 12.0 Å². The van der Waals surface area contributed by atoms with Gasteiger partial charge >= 0.3 is 5.97 Å². The summed E-state index contributed by atoms with van der Waals surface area (Å²) in [6, 6.07) is 46.1. The van der Waals surface area contributed by atoms with Crippen molar-refractivity contribution in [3.8, 4) is 11.1 Å². The van der Waals surface area contributed by atoms with Gasteiger partial charge in [0.25, 0.3) is 5.91 Å². The van der Waals surface area contributed by atoms with Crippen LogP contribution in [-0.2, 0) is 31.6 Å². The summed E-state index contributed by atoms with van der Waals surface area (Å²) in [5, 5.41) is 3.49. The summed E-state index contributed by atoms with van der Waals surface area (Å²) in [5.41, 5.74) is 3.85. The Hall–Kier alpha value is -5.94. The number of hydrogen-bond donors (Lipinski definition) is 2. The highest BCUT2D eigenvalue weighted by Gasteiger charge is 2.42. The molecule has 2 N–H and O–H groups in total. The van der Waals surface area contributed by atoms with Gasteiger partial charge in [0.2, 0.25) is 10.0 Å². The number of aromatic nitrogens is 1. The Morgan fingerprint density at radius 3 is 1.83 bits per heavy atom. The second-order valence-corrected chi connectivity index (χ2v) is 14.8. The molecule has 5 aromatic carbocycles. The predicted molar refractivity (Wildman–Crippen MR) is 208 cm³/mol. The summed E-state index contributed by atoms with van der Waals surface area (Å²) in [5.74, 6) is -0.708. The van der Waals surface area contributed by atoms with Crippen LogP contribution in [0.2, 0.25) is 0 Å². The molecule has 1 aliphatic rings. The van der Waals surface area contributed by atoms with Crippen molar-refractivity contribution in [2.24, 2.45) is 0 Å². The molecule has 0 spiro atoms. The Kier molecular flexibility index (Phi) is 10.8. The van der Waals surface area contributed by atoms with Crippen molar-refractivity contribution < 1.29 is 22.7 Å². The molecular weight excluding hydrogens is 697 g/mol. The zero-order valence-electron chi connectivity index (χ0n) is 29.7. The number of nitrogens with zero attached hydrogens (tertiary/aromatic N) is 2. The predicted octanol–water partition coefficient (Wildman–Crippen LogP) is 6.56. The van der Waals surface area contributed by atoms with Gasteiger partial charge in [-0.2, -0.15) is 4.72 Å². The van der Waals surface area contributed by atoms with Crippen LogP contribution in [0.15, 0.2) is 169 Å². The summed E-state index contributed by atoms with van der Waals surface area (Å²) in [6.45, 7) is 0.819. The molecule has 0 aliphatic carbocycles. The molecule has 1 aromatic heterocycles. The molecule has 0 saturated carbocycles. The lowest BCUT2D eigenvalue weighted by molar-refractivity contribution is -0.145. The van der Waals surface area contributed by atoms with Gasteiger partial charge < -0.3 is 15.0 Å². The molecule has 9 nitrogen and oxygen atoms in total. The van der Waals surface area contributed by atoms with Gasteiger partial charge in [-0.05, 0) is 52.4 Å². The molecule has 1 amide bonds. The van der Waals surface area contributed by atoms with E-state index in [-0.39, 0.29) is 16.8 Å². The minimum atomic E-state index is -4.16. The van der Waals surface area contributed by atoms with Gasteiger partial charge in [-0.1, -0.05) is 133 Å². The third-order valence-corrected chi connectivity index (χ3v) is 11.4. The third-order valence-electron chi connectivity index (χ3n) is 9.91. The Morgan fingerprint density at radius 1 is 0.741 bits per heavy atom. The topological polar surface area (TPSA) is 118 Å². The van der Waals surface area contributed by atoms with E-state index < -0.39 is 27.6 Å². The first kappa shape index (κ1) is 36.4. The van der Waals surface area contributed by atoms with E-state index >= 15 is 0 Å². The van der Waals surface area contributed by atoms with E-state index in [1.54, 1.807) is 41.6 Å². The van der Waals surface area contributed by atoms with E-state index in [0.717, 1.165) is 27.8 Å². The maximum Gasteiger partial charge on any atom is 0.328 e. The fourth-order valence-electron chi connectivity index (χ4n) is 7.23. The van der Waals surface area contributed by atoms with E-state index in [0.29, 0.717) is 30.6 Å². The molecule has 272 valence electrons. The molecule has 10 heteroatoms. The number of pyridine rings is 1. The van der Waals surface area contributed by atoms with Crippen LogP contribution in [0.1, 0.15) is 39.0 Å². The highest BCUT2D eigenvalue weighted by Crippen LogP contribution is 2.39. The van der Waals surface area contributed by atoms with Crippen molar-refractivity contribution in [3.05, 3.63) is 192 Å². The standard InChI is InChI=1S/C44H40N4O5S/c1-53-43(50)40-29-38(31-48(40)42(49)34-25-27-45-28-26-34)46-30-32-21-23-33(24-22-32)39-19-11-12-20-41(39)54(51,52)47-44(35-13-5-2-6-14-35,36-15-7-3-8-16-36)37-17-9-4-10-18-37/h2-28,38,40,46-47H,29-31H2,1H3/t38-,40-/m0/s1. The molecule has 2 heterocycles. The second kappa shape index (κ2) is 16.0. The van der Waals surface area contributed by atoms with Crippen LogP contribution < -0.4 is 10.0 Å². The van der Waals surface area contributed by atoms with Crippen LogP contribution >= 0.6 is 0 Å². The zero-order valence-corrected chi connectivity index (χ0v) is 30.5. The normalized spacial score (nSPS) is 15.8. The quantitative estimate of drug-likeness (QED) is 0.108. The van der Waals surface area contributed by atoms with Crippen molar-refractivity contribution in [2.45, 2.75) is 35.5 Å². The summed E-state index contributed by atoms with van der Waals surface area (Å²) < 4.78 is 37.7. The van der Waals surface area contributed by atoms with Gasteiger partial charge in [0.1, 0.15) is 11.6 Å². The summed E-state index contributed by atoms with van der Waals surface area (Å²) in [7, 11) is -2.83. The minimum absolute atomic E-state index is 0.143. The number of carbonyl (C=O) groups is 2. The molecule has 6 aromatic rings. The average molecular weight is 737 g/mol. The van der Waals surface area contributed by atoms with Crippen LogP contribution in [0.5, 0.6) is 0 Å². The Balaban J connectivity index is 1.14. The van der Waals surface area contributed by atoms with E-state index in [1.807, 2.05) is 127 Å². The maximum atomic E-state index is 14.8. The van der Waals surface area contributed by atoms with Gasteiger partial charge in [-0.3, -0.25) is 9.78 Å². The van der Waals surface area contributed by atoms with Crippen molar-refractivity contribution in [1.29, 1.82) is 0 Å². The van der Waals surface area contributed by atoms with Crippen molar-refractivity contribution in [1.82, 2.24) is 19.9 Å². The highest BCUT2D eigenvalue weighted by atomic mass is 32.2. The smallest absolute Gasteiger partial charge is 0.328 e. The average Bonchev–Trinajstić information content (AvgIpc) is 3.67. The fourth-order valence-corrected chi connectivity index (χ4v) is 8.83. The van der Waals surface area contributed by atoms with Crippen molar-refractivity contribution >= 4 is 21.9 Å². The van der Waals surface area contributed by atoms with E-state index in [4.69, 9.17) is 4.74 Å². The lowest BCUT2D eigenvalue weighted by Crippen LogP contribution is -2.47. The van der Waals surface area contributed by atoms with E-state index in [9.17, 15) is 18.0 Å². The number of benzene rings is 5. The number of rotatable bonds is 12. The molecular formula is C44H40N4O5S. The van der Waals surface area contributed by atoms with Crippen molar-refractivity contribution in [3.63, 3.8) is 0 Å². The lowest BCUT2D eigenvalue weighted by Gasteiger charge is -2.36. The summed E-state index contributed by atoms with van der Waals surface area (Å²) in [6.07, 6.45) is 3.51. The molecule has 0 radical (unpaired) electrons. The van der Waals surface area contributed by atoms with Crippen LogP contribution in [-0.4, -0.2) is 55.9 Å². The van der Waals surface area contributed by atoms with Crippen molar-refractivity contribution in [2.75, 3.05) is 13.7 Å². The molecule has 54 heavy (non-hydrogen) atoms. The first-order valence-corrected chi connectivity index (χ1v) is 19.2. The number of nitrogens with one attached hydrogen (secondary N) is 2. The number of sulfonamides is 1. The van der Waals surface area contributed by atoms with Crippen LogP contribution in [0, 0.1) is 0 Å². The monoisotopic (exact) mass is 736 g/mol. The van der Waals surface area contributed by atoms with Gasteiger partial charge in [-0.15, -0.1) is 0 Å². The number of carbonyl (C=O) groups excluding carboxylic acids is 2. The number of amides is 1. The van der Waals surface area contributed by atoms with Crippen LogP contribution in [0.25, 0.3) is 11.1 Å². The molecule has 1 saturated heterocycles. The minimum Gasteiger partial charge on any atom is -0.467 e. The number of esters is 1. The first-order valence-electron chi connectivity index (χ1n) is 17.7. The third kappa shape index (κ3) is 7.45. The number of ether oxygens (including phenoxy) is 1. The molecule has 1 aliphatic heterocycles. The Bertz CT molecular complexity index is 2210. The largest absolute Gasteiger partial charge is 0.467 e. The van der Waals surface area contributed by atoms with E-state index in [1.165, 1.54) is 7.11 Å². The number of likely N-dealkylation sites (tertiary alicyclic amines) is 1. The van der Waals surface area contributed by atoms with Gasteiger partial charge in [0.15, 0.2) is 0 Å². The molecule has 2 atom stereocenters. The van der Waals surface area contributed by atoms with Gasteiger partial charge in [-0.25, -0.2) is 13.2 Å². The Morgan fingerprint density at radius 2 is 1.28 bits per heavy atom. The van der Waals surface area contributed by atoms with Crippen LogP contribution in [0.3, 0.4) is 0 Å². The zero-order chi connectivity index (χ0) is 37.5. The number of hydrogen-bond acceptors (Lipinski definition) is 7. The molecule has 0 bridgehead atoms. The van der Waals surface area contributed by atoms with Gasteiger partial charge in [0, 0.05) is 42.7 Å².